The molecule has 0 unspecified atom stereocenters. The molecule has 0 saturated heterocycles. The maximum Gasteiger partial charge on any atom is 0.272 e. The molecule has 3 nitrogen and oxygen atoms in total. The van der Waals surface area contributed by atoms with Crippen LogP contribution < -0.4 is 5.32 Å². The van der Waals surface area contributed by atoms with E-state index >= 15 is 0 Å². The molecule has 1 atom stereocenters. The smallest absolute Gasteiger partial charge is 0.272 e. The van der Waals surface area contributed by atoms with Crippen molar-refractivity contribution in [3.05, 3.63) is 0 Å². The quantitative estimate of drug-likeness (QED) is 0.619. The van der Waals surface area contributed by atoms with Crippen LogP contribution in [0.5, 0.6) is 0 Å². The van der Waals surface area contributed by atoms with Crippen molar-refractivity contribution in [2.75, 3.05) is 0 Å². The molecule has 0 spiro atoms. The first-order valence-electron chi connectivity index (χ1n) is 4.61. The third-order valence-electron chi connectivity index (χ3n) is 1.97. The van der Waals surface area contributed by atoms with Gasteiger partial charge in [0.2, 0.25) is 0 Å². The molecule has 0 aromatic rings. The van der Waals surface area contributed by atoms with Gasteiger partial charge in [-0.05, 0) is 13.3 Å². The summed E-state index contributed by atoms with van der Waals surface area (Å²) in [6.45, 7) is 3.59. The first-order chi connectivity index (χ1) is 6.75. The molecule has 1 N–H and O–H groups in total. The molecule has 0 saturated carbocycles. The largest absolute Gasteiger partial charge is 0.340 e. The fourth-order valence-electron chi connectivity index (χ4n) is 1.03. The Morgan fingerprint density at radius 3 is 2.27 bits per heavy atom. The number of carbonyl (C=O) groups is 2. The molecule has 1 amide bonds. The summed E-state index contributed by atoms with van der Waals surface area (Å²) >= 11 is 16.2. The second-order valence-electron chi connectivity index (χ2n) is 3.59. The molecule has 0 radical (unpaired) electrons. The van der Waals surface area contributed by atoms with E-state index in [0.717, 1.165) is 12.8 Å². The Bertz CT molecular complexity index is 240. The first kappa shape index (κ1) is 15.0. The summed E-state index contributed by atoms with van der Waals surface area (Å²) in [6, 6.07) is 0. The third kappa shape index (κ3) is 5.59. The maximum atomic E-state index is 11.3. The Morgan fingerprint density at radius 1 is 1.40 bits per heavy atom. The molecule has 6 heteroatoms. The highest BCUT2D eigenvalue weighted by Crippen LogP contribution is 2.27. The van der Waals surface area contributed by atoms with Crippen molar-refractivity contribution in [1.82, 2.24) is 5.32 Å². The van der Waals surface area contributed by atoms with Crippen LogP contribution in [0.15, 0.2) is 0 Å². The van der Waals surface area contributed by atoms with Gasteiger partial charge in [0, 0.05) is 0 Å². The van der Waals surface area contributed by atoms with Crippen LogP contribution in [0.4, 0.5) is 0 Å². The Hall–Kier alpha value is 0.01000. The molecular weight excluding hydrogens is 260 g/mol. The Balaban J connectivity index is 4.44. The minimum Gasteiger partial charge on any atom is -0.340 e. The molecule has 88 valence electrons. The van der Waals surface area contributed by atoms with Gasteiger partial charge in [-0.2, -0.15) is 0 Å². The van der Waals surface area contributed by atoms with Crippen LogP contribution in [0, 0.1) is 0 Å². The molecule has 0 aromatic carbocycles. The molecule has 0 aromatic heterocycles. The minimum atomic E-state index is -2.03. The summed E-state index contributed by atoms with van der Waals surface area (Å²) in [4.78, 5) is 22.2. The summed E-state index contributed by atoms with van der Waals surface area (Å²) in [7, 11) is 0. The van der Waals surface area contributed by atoms with Crippen molar-refractivity contribution < 1.29 is 9.59 Å². The number of rotatable bonds is 5. The number of aldehydes is 1. The number of hydrogen-bond acceptors (Lipinski definition) is 2. The fourth-order valence-corrected chi connectivity index (χ4v) is 1.17. The van der Waals surface area contributed by atoms with E-state index in [1.807, 2.05) is 6.92 Å². The van der Waals surface area contributed by atoms with Gasteiger partial charge in [0.05, 0.1) is 5.54 Å². The average Bonchev–Trinajstić information content (AvgIpc) is 2.13. The van der Waals surface area contributed by atoms with Gasteiger partial charge in [0.15, 0.2) is 0 Å². The molecule has 0 aliphatic rings. The zero-order chi connectivity index (χ0) is 12.1. The topological polar surface area (TPSA) is 46.2 Å². The van der Waals surface area contributed by atoms with Crippen molar-refractivity contribution in [2.24, 2.45) is 0 Å². The van der Waals surface area contributed by atoms with E-state index in [2.05, 4.69) is 5.32 Å². The minimum absolute atomic E-state index is 0.527. The predicted octanol–water partition coefficient (Wildman–Crippen LogP) is 2.62. The van der Waals surface area contributed by atoms with Crippen LogP contribution >= 0.6 is 34.8 Å². The fraction of sp³-hybridized carbons (Fsp3) is 0.778. The van der Waals surface area contributed by atoms with E-state index in [9.17, 15) is 9.59 Å². The molecule has 0 aliphatic heterocycles. The monoisotopic (exact) mass is 273 g/mol. The first-order valence-corrected chi connectivity index (χ1v) is 5.74. The Kier molecular flexibility index (Phi) is 5.93. The number of amides is 1. The summed E-state index contributed by atoms with van der Waals surface area (Å²) < 4.78 is -2.03. The molecule has 0 fully saturated rings. The number of unbranched alkanes of at least 4 members (excludes halogenated alkanes) is 1. The second-order valence-corrected chi connectivity index (χ2v) is 5.87. The van der Waals surface area contributed by atoms with Crippen molar-refractivity contribution in [2.45, 2.75) is 42.4 Å². The van der Waals surface area contributed by atoms with Gasteiger partial charge in [-0.3, -0.25) is 4.79 Å². The van der Waals surface area contributed by atoms with E-state index in [0.29, 0.717) is 12.7 Å². The lowest BCUT2D eigenvalue weighted by molar-refractivity contribution is -0.125. The van der Waals surface area contributed by atoms with Crippen LogP contribution in [0.3, 0.4) is 0 Å². The standard InChI is InChI=1S/C9H14Cl3NO2/c1-3-4-5-8(2,6-14)13-7(15)9(10,11)12/h6H,3-5H2,1-2H3,(H,13,15)/t8-/m1/s1. The van der Waals surface area contributed by atoms with Gasteiger partial charge in [-0.1, -0.05) is 54.6 Å². The summed E-state index contributed by atoms with van der Waals surface area (Å²) in [5.74, 6) is -0.779. The van der Waals surface area contributed by atoms with E-state index < -0.39 is 15.2 Å². The summed E-state index contributed by atoms with van der Waals surface area (Å²) in [6.07, 6.45) is 2.93. The van der Waals surface area contributed by atoms with Gasteiger partial charge in [-0.25, -0.2) is 0 Å². The highest BCUT2D eigenvalue weighted by atomic mass is 35.6. The van der Waals surface area contributed by atoms with Crippen LogP contribution in [0.1, 0.15) is 33.1 Å². The van der Waals surface area contributed by atoms with Crippen LogP contribution in [0.2, 0.25) is 0 Å². The maximum absolute atomic E-state index is 11.3. The SMILES string of the molecule is CCCC[C@](C)(C=O)NC(=O)C(Cl)(Cl)Cl. The van der Waals surface area contributed by atoms with Gasteiger partial charge in [0.25, 0.3) is 9.70 Å². The lowest BCUT2D eigenvalue weighted by Crippen LogP contribution is -2.51. The normalized spacial score (nSPS) is 15.5. The molecule has 0 bridgehead atoms. The molecule has 0 heterocycles. The molecular formula is C9H14Cl3NO2. The number of alkyl halides is 3. The van der Waals surface area contributed by atoms with Gasteiger partial charge in [-0.15, -0.1) is 0 Å². The molecule has 15 heavy (non-hydrogen) atoms. The van der Waals surface area contributed by atoms with Crippen molar-refractivity contribution in [3.63, 3.8) is 0 Å². The Labute approximate surface area is 104 Å². The number of nitrogens with one attached hydrogen (secondary N) is 1. The lowest BCUT2D eigenvalue weighted by Gasteiger charge is -2.26. The van der Waals surface area contributed by atoms with E-state index in [1.54, 1.807) is 6.92 Å². The van der Waals surface area contributed by atoms with Crippen LogP contribution in [0.25, 0.3) is 0 Å². The highest BCUT2D eigenvalue weighted by molar-refractivity contribution is 6.76. The number of carbonyl (C=O) groups excluding carboxylic acids is 2. The highest BCUT2D eigenvalue weighted by Gasteiger charge is 2.36. The predicted molar refractivity (Wildman–Crippen MR) is 62.4 cm³/mol. The van der Waals surface area contributed by atoms with Gasteiger partial charge >= 0.3 is 0 Å². The van der Waals surface area contributed by atoms with Crippen molar-refractivity contribution in [1.29, 1.82) is 0 Å². The van der Waals surface area contributed by atoms with E-state index in [-0.39, 0.29) is 0 Å². The second kappa shape index (κ2) is 5.92. The molecule has 0 aliphatic carbocycles. The zero-order valence-corrected chi connectivity index (χ0v) is 10.9. The van der Waals surface area contributed by atoms with Crippen molar-refractivity contribution >= 4 is 47.0 Å². The Morgan fingerprint density at radius 2 is 1.93 bits per heavy atom. The van der Waals surface area contributed by atoms with Crippen LogP contribution in [-0.4, -0.2) is 21.5 Å². The van der Waals surface area contributed by atoms with E-state index in [4.69, 9.17) is 34.8 Å². The zero-order valence-electron chi connectivity index (χ0n) is 8.65. The van der Waals surface area contributed by atoms with Gasteiger partial charge < -0.3 is 10.1 Å². The van der Waals surface area contributed by atoms with E-state index in [1.165, 1.54) is 0 Å². The van der Waals surface area contributed by atoms with Crippen LogP contribution in [-0.2, 0) is 9.59 Å². The number of hydrogen-bond donors (Lipinski definition) is 1. The summed E-state index contributed by atoms with van der Waals surface area (Å²) in [5, 5.41) is 2.42. The molecule has 0 rings (SSSR count). The lowest BCUT2D eigenvalue weighted by atomic mass is 9.97. The summed E-state index contributed by atoms with van der Waals surface area (Å²) in [5.41, 5.74) is -0.961. The number of halogens is 3. The average molecular weight is 275 g/mol. The third-order valence-corrected chi connectivity index (χ3v) is 2.48. The van der Waals surface area contributed by atoms with Crippen molar-refractivity contribution in [3.8, 4) is 0 Å². The van der Waals surface area contributed by atoms with Gasteiger partial charge in [0.1, 0.15) is 6.29 Å².